The number of rotatable bonds is 2. The summed E-state index contributed by atoms with van der Waals surface area (Å²) in [5.41, 5.74) is 0.963. The van der Waals surface area contributed by atoms with Crippen molar-refractivity contribution in [2.45, 2.75) is 26.4 Å². The summed E-state index contributed by atoms with van der Waals surface area (Å²) < 4.78 is 10.5. The minimum Gasteiger partial charge on any atom is -0.497 e. The summed E-state index contributed by atoms with van der Waals surface area (Å²) in [6.07, 6.45) is -0.285. The molecule has 6 heteroatoms. The highest BCUT2D eigenvalue weighted by Crippen LogP contribution is 2.26. The van der Waals surface area contributed by atoms with Gasteiger partial charge in [-0.05, 0) is 39.0 Å². The van der Waals surface area contributed by atoms with Crippen LogP contribution in [0.25, 0.3) is 0 Å². The number of piperazine rings is 1. The van der Waals surface area contributed by atoms with Crippen molar-refractivity contribution in [3.05, 3.63) is 23.8 Å². The summed E-state index contributed by atoms with van der Waals surface area (Å²) in [4.78, 5) is 15.9. The van der Waals surface area contributed by atoms with Crippen LogP contribution < -0.4 is 9.64 Å². The molecule has 1 fully saturated rings. The molecular weight excluding hydrogens is 294 g/mol. The summed E-state index contributed by atoms with van der Waals surface area (Å²) in [5, 5.41) is 9.32. The monoisotopic (exact) mass is 317 g/mol. The quantitative estimate of drug-likeness (QED) is 0.839. The fourth-order valence-electron chi connectivity index (χ4n) is 2.46. The first-order valence-electron chi connectivity index (χ1n) is 7.65. The van der Waals surface area contributed by atoms with Crippen LogP contribution in [0.5, 0.6) is 5.75 Å². The second-order valence-electron chi connectivity index (χ2n) is 6.45. The Morgan fingerprint density at radius 2 is 1.87 bits per heavy atom. The van der Waals surface area contributed by atoms with Gasteiger partial charge in [0.25, 0.3) is 0 Å². The van der Waals surface area contributed by atoms with E-state index in [0.717, 1.165) is 5.69 Å². The Hall–Kier alpha value is -2.42. The fourth-order valence-corrected chi connectivity index (χ4v) is 2.46. The smallest absolute Gasteiger partial charge is 0.410 e. The third kappa shape index (κ3) is 4.28. The van der Waals surface area contributed by atoms with Gasteiger partial charge in [-0.2, -0.15) is 5.26 Å². The van der Waals surface area contributed by atoms with E-state index in [0.29, 0.717) is 37.5 Å². The van der Waals surface area contributed by atoms with Crippen LogP contribution in [0.3, 0.4) is 0 Å². The van der Waals surface area contributed by atoms with Gasteiger partial charge in [0.1, 0.15) is 17.4 Å². The zero-order valence-electron chi connectivity index (χ0n) is 14.1. The second kappa shape index (κ2) is 6.78. The summed E-state index contributed by atoms with van der Waals surface area (Å²) in [6, 6.07) is 7.67. The lowest BCUT2D eigenvalue weighted by molar-refractivity contribution is 0.0240. The molecule has 124 valence electrons. The van der Waals surface area contributed by atoms with Crippen molar-refractivity contribution in [1.29, 1.82) is 5.26 Å². The predicted molar refractivity (Wildman–Crippen MR) is 87.7 cm³/mol. The van der Waals surface area contributed by atoms with Gasteiger partial charge in [-0.25, -0.2) is 4.79 Å². The maximum absolute atomic E-state index is 12.1. The number of anilines is 1. The van der Waals surface area contributed by atoms with Gasteiger partial charge in [0, 0.05) is 26.2 Å². The summed E-state index contributed by atoms with van der Waals surface area (Å²) in [5.74, 6) is 0.665. The van der Waals surface area contributed by atoms with Crippen LogP contribution in [0, 0.1) is 11.3 Å². The van der Waals surface area contributed by atoms with E-state index in [9.17, 15) is 10.1 Å². The Morgan fingerprint density at radius 1 is 1.22 bits per heavy atom. The van der Waals surface area contributed by atoms with E-state index < -0.39 is 5.60 Å². The number of ether oxygens (including phenoxy) is 2. The van der Waals surface area contributed by atoms with Gasteiger partial charge in [0.15, 0.2) is 0 Å². The van der Waals surface area contributed by atoms with Crippen LogP contribution in [0.2, 0.25) is 0 Å². The Bertz CT molecular complexity index is 608. The van der Waals surface area contributed by atoms with Crippen molar-refractivity contribution < 1.29 is 14.3 Å². The molecule has 1 aromatic rings. The van der Waals surface area contributed by atoms with E-state index in [-0.39, 0.29) is 6.09 Å². The average Bonchev–Trinajstić information content (AvgIpc) is 2.52. The average molecular weight is 317 g/mol. The predicted octanol–water partition coefficient (Wildman–Crippen LogP) is 2.62. The number of methoxy groups -OCH3 is 1. The third-order valence-electron chi connectivity index (χ3n) is 3.60. The lowest BCUT2D eigenvalue weighted by Gasteiger charge is -2.37. The molecule has 0 aliphatic carbocycles. The number of nitrogens with zero attached hydrogens (tertiary/aromatic N) is 3. The van der Waals surface area contributed by atoms with Crippen LogP contribution in [0.4, 0.5) is 10.5 Å². The van der Waals surface area contributed by atoms with Gasteiger partial charge in [-0.15, -0.1) is 0 Å². The zero-order chi connectivity index (χ0) is 17.0. The van der Waals surface area contributed by atoms with Crippen molar-refractivity contribution in [3.8, 4) is 11.8 Å². The van der Waals surface area contributed by atoms with Gasteiger partial charge < -0.3 is 19.3 Å². The van der Waals surface area contributed by atoms with E-state index in [1.807, 2.05) is 32.9 Å². The van der Waals surface area contributed by atoms with Gasteiger partial charge in [-0.3, -0.25) is 0 Å². The second-order valence-corrected chi connectivity index (χ2v) is 6.45. The largest absolute Gasteiger partial charge is 0.497 e. The summed E-state index contributed by atoms with van der Waals surface area (Å²) in [6.45, 7) is 8.06. The van der Waals surface area contributed by atoms with Crippen molar-refractivity contribution in [1.82, 2.24) is 4.90 Å². The number of amides is 1. The number of hydrogen-bond acceptors (Lipinski definition) is 5. The molecule has 1 amide bonds. The molecule has 23 heavy (non-hydrogen) atoms. The standard InChI is InChI=1S/C17H23N3O3/c1-17(2,3)23-16(21)20-9-7-19(8-10-20)15-6-5-14(22-4)11-13(15)12-18/h5-6,11H,7-10H2,1-4H3. The molecule has 0 aromatic heterocycles. The third-order valence-corrected chi connectivity index (χ3v) is 3.60. The molecule has 0 radical (unpaired) electrons. The number of hydrogen-bond donors (Lipinski definition) is 0. The topological polar surface area (TPSA) is 65.8 Å². The number of carbonyl (C=O) groups excluding carboxylic acids is 1. The van der Waals surface area contributed by atoms with Crippen LogP contribution >= 0.6 is 0 Å². The van der Waals surface area contributed by atoms with Crippen molar-refractivity contribution in [2.75, 3.05) is 38.2 Å². The lowest BCUT2D eigenvalue weighted by Crippen LogP contribution is -2.50. The molecule has 1 aliphatic rings. The van der Waals surface area contributed by atoms with Crippen LogP contribution in [0.1, 0.15) is 26.3 Å². The van der Waals surface area contributed by atoms with Crippen LogP contribution in [-0.4, -0.2) is 49.9 Å². The van der Waals surface area contributed by atoms with E-state index >= 15 is 0 Å². The highest BCUT2D eigenvalue weighted by molar-refractivity contribution is 5.69. The maximum atomic E-state index is 12.1. The zero-order valence-corrected chi connectivity index (χ0v) is 14.1. The molecule has 0 unspecified atom stereocenters. The molecule has 0 N–H and O–H groups in total. The van der Waals surface area contributed by atoms with Crippen LogP contribution in [-0.2, 0) is 4.74 Å². The Kier molecular flexibility index (Phi) is 4.99. The number of carbonyl (C=O) groups is 1. The Balaban J connectivity index is 2.02. The van der Waals surface area contributed by atoms with Gasteiger partial charge in [0.05, 0.1) is 18.4 Å². The number of nitriles is 1. The molecule has 2 rings (SSSR count). The first kappa shape index (κ1) is 16.9. The van der Waals surface area contributed by atoms with Crippen molar-refractivity contribution in [3.63, 3.8) is 0 Å². The van der Waals surface area contributed by atoms with E-state index in [4.69, 9.17) is 9.47 Å². The first-order valence-corrected chi connectivity index (χ1v) is 7.65. The maximum Gasteiger partial charge on any atom is 0.410 e. The molecular formula is C17H23N3O3. The Labute approximate surface area is 137 Å². The summed E-state index contributed by atoms with van der Waals surface area (Å²) >= 11 is 0. The molecule has 0 spiro atoms. The van der Waals surface area contributed by atoms with E-state index in [1.165, 1.54) is 0 Å². The fraction of sp³-hybridized carbons (Fsp3) is 0.529. The highest BCUT2D eigenvalue weighted by Gasteiger charge is 2.26. The molecule has 1 aliphatic heterocycles. The Morgan fingerprint density at radius 3 is 2.39 bits per heavy atom. The van der Waals surface area contributed by atoms with E-state index in [1.54, 1.807) is 18.1 Å². The molecule has 1 saturated heterocycles. The molecule has 0 saturated carbocycles. The van der Waals surface area contributed by atoms with Crippen LogP contribution in [0.15, 0.2) is 18.2 Å². The minimum absolute atomic E-state index is 0.285. The van der Waals surface area contributed by atoms with Gasteiger partial charge >= 0.3 is 6.09 Å². The van der Waals surface area contributed by atoms with Crippen molar-refractivity contribution >= 4 is 11.8 Å². The molecule has 1 heterocycles. The number of benzene rings is 1. The normalized spacial score (nSPS) is 15.1. The minimum atomic E-state index is -0.488. The van der Waals surface area contributed by atoms with E-state index in [2.05, 4.69) is 11.0 Å². The molecule has 6 nitrogen and oxygen atoms in total. The van der Waals surface area contributed by atoms with Gasteiger partial charge in [-0.1, -0.05) is 0 Å². The molecule has 1 aromatic carbocycles. The SMILES string of the molecule is COc1ccc(N2CCN(C(=O)OC(C)(C)C)CC2)c(C#N)c1. The molecule has 0 bridgehead atoms. The molecule has 0 atom stereocenters. The highest BCUT2D eigenvalue weighted by atomic mass is 16.6. The van der Waals surface area contributed by atoms with Crippen molar-refractivity contribution in [2.24, 2.45) is 0 Å². The first-order chi connectivity index (χ1) is 10.8. The lowest BCUT2D eigenvalue weighted by atomic mass is 10.1. The summed E-state index contributed by atoms with van der Waals surface area (Å²) in [7, 11) is 1.58. The van der Waals surface area contributed by atoms with Gasteiger partial charge in [0.2, 0.25) is 0 Å².